The number of aromatic nitrogens is 2. The number of benzene rings is 2. The number of nitrogens with one attached hydrogen (secondary N) is 1. The largest absolute Gasteiger partial charge is 0.350 e. The molecule has 0 unspecified atom stereocenters. The molecule has 2 aromatic carbocycles. The van der Waals surface area contributed by atoms with Gasteiger partial charge >= 0.3 is 5.69 Å². The average Bonchev–Trinajstić information content (AvgIpc) is 2.82. The molecule has 24 heavy (non-hydrogen) atoms. The maximum absolute atomic E-state index is 12.3. The Morgan fingerprint density at radius 1 is 1.04 bits per heavy atom. The molecule has 0 saturated carbocycles. The van der Waals surface area contributed by atoms with Gasteiger partial charge in [0.2, 0.25) is 0 Å². The minimum atomic E-state index is -0.119. The molecule has 124 valence electrons. The number of carbonyl (C=O) groups excluding carboxylic acids is 1. The van der Waals surface area contributed by atoms with E-state index in [9.17, 15) is 9.59 Å². The van der Waals surface area contributed by atoms with E-state index in [1.165, 1.54) is 0 Å². The van der Waals surface area contributed by atoms with Crippen LogP contribution in [0.4, 0.5) is 0 Å². The van der Waals surface area contributed by atoms with Crippen LogP contribution in [0.3, 0.4) is 0 Å². The maximum Gasteiger partial charge on any atom is 0.328 e. The van der Waals surface area contributed by atoms with Crippen LogP contribution in [0.5, 0.6) is 0 Å². The zero-order valence-electron chi connectivity index (χ0n) is 14.2. The van der Waals surface area contributed by atoms with Crippen molar-refractivity contribution in [2.45, 2.75) is 20.4 Å². The zero-order valence-corrected chi connectivity index (χ0v) is 14.2. The van der Waals surface area contributed by atoms with E-state index in [0.29, 0.717) is 18.7 Å². The standard InChI is InChI=1S/C19H21N3O2/c1-13-8-9-15(12-14(13)2)18(23)20-10-11-22-17-7-5-4-6-16(17)21(3)19(22)24/h4-9,12H,10-11H2,1-3H3,(H,20,23). The first-order valence-corrected chi connectivity index (χ1v) is 7.99. The molecule has 1 aromatic heterocycles. The Morgan fingerprint density at radius 2 is 1.75 bits per heavy atom. The highest BCUT2D eigenvalue weighted by atomic mass is 16.2. The average molecular weight is 323 g/mol. The van der Waals surface area contributed by atoms with E-state index in [1.807, 2.05) is 56.3 Å². The van der Waals surface area contributed by atoms with Crippen molar-refractivity contribution in [1.29, 1.82) is 0 Å². The molecule has 3 aromatic rings. The molecule has 0 aliphatic rings. The lowest BCUT2D eigenvalue weighted by Gasteiger charge is -2.08. The molecule has 1 N–H and O–H groups in total. The summed E-state index contributed by atoms with van der Waals surface area (Å²) < 4.78 is 3.32. The molecule has 0 saturated heterocycles. The lowest BCUT2D eigenvalue weighted by molar-refractivity contribution is 0.0952. The van der Waals surface area contributed by atoms with Gasteiger partial charge in [-0.25, -0.2) is 4.79 Å². The van der Waals surface area contributed by atoms with Crippen LogP contribution in [-0.4, -0.2) is 21.6 Å². The van der Waals surface area contributed by atoms with Gasteiger partial charge in [0, 0.05) is 25.7 Å². The number of carbonyl (C=O) groups is 1. The van der Waals surface area contributed by atoms with Crippen molar-refractivity contribution < 1.29 is 4.79 Å². The highest BCUT2D eigenvalue weighted by Gasteiger charge is 2.11. The molecule has 1 amide bonds. The van der Waals surface area contributed by atoms with Gasteiger partial charge in [-0.2, -0.15) is 0 Å². The summed E-state index contributed by atoms with van der Waals surface area (Å²) in [6.45, 7) is 4.85. The number of nitrogens with zero attached hydrogens (tertiary/aromatic N) is 2. The molecule has 0 fully saturated rings. The minimum absolute atomic E-state index is 0.0726. The minimum Gasteiger partial charge on any atom is -0.350 e. The predicted octanol–water partition coefficient (Wildman–Crippen LogP) is 2.39. The second-order valence-electron chi connectivity index (χ2n) is 6.04. The first kappa shape index (κ1) is 16.1. The Balaban J connectivity index is 1.73. The summed E-state index contributed by atoms with van der Waals surface area (Å²) in [5.74, 6) is -0.119. The fourth-order valence-electron chi connectivity index (χ4n) is 2.85. The van der Waals surface area contributed by atoms with E-state index in [4.69, 9.17) is 0 Å². The Morgan fingerprint density at radius 3 is 2.46 bits per heavy atom. The SMILES string of the molecule is Cc1ccc(C(=O)NCCn2c(=O)n(C)c3ccccc32)cc1C. The molecule has 0 bridgehead atoms. The summed E-state index contributed by atoms with van der Waals surface area (Å²) in [4.78, 5) is 24.6. The van der Waals surface area contributed by atoms with Crippen molar-refractivity contribution in [2.24, 2.45) is 7.05 Å². The molecule has 3 rings (SSSR count). The van der Waals surface area contributed by atoms with Crippen LogP contribution in [0, 0.1) is 13.8 Å². The van der Waals surface area contributed by atoms with Crippen molar-refractivity contribution >= 4 is 16.9 Å². The molecule has 5 heteroatoms. The molecule has 0 aliphatic heterocycles. The van der Waals surface area contributed by atoms with Crippen molar-refractivity contribution in [3.05, 3.63) is 69.6 Å². The Bertz CT molecular complexity index is 966. The quantitative estimate of drug-likeness (QED) is 0.801. The van der Waals surface area contributed by atoms with E-state index in [1.54, 1.807) is 16.2 Å². The third-order valence-corrected chi connectivity index (χ3v) is 4.44. The van der Waals surface area contributed by atoms with Crippen molar-refractivity contribution in [3.63, 3.8) is 0 Å². The Labute approximate surface area is 140 Å². The van der Waals surface area contributed by atoms with Crippen LogP contribution >= 0.6 is 0 Å². The smallest absolute Gasteiger partial charge is 0.328 e. The Hall–Kier alpha value is -2.82. The monoisotopic (exact) mass is 323 g/mol. The highest BCUT2D eigenvalue weighted by Crippen LogP contribution is 2.11. The number of amides is 1. The first-order valence-electron chi connectivity index (χ1n) is 7.99. The van der Waals surface area contributed by atoms with Gasteiger partial charge in [-0.15, -0.1) is 0 Å². The molecule has 5 nitrogen and oxygen atoms in total. The lowest BCUT2D eigenvalue weighted by atomic mass is 10.1. The molecular weight excluding hydrogens is 302 g/mol. The van der Waals surface area contributed by atoms with Gasteiger partial charge in [-0.1, -0.05) is 18.2 Å². The number of imidazole rings is 1. The number of fused-ring (bicyclic) bond motifs is 1. The van der Waals surface area contributed by atoms with Gasteiger partial charge in [0.25, 0.3) is 5.91 Å². The van der Waals surface area contributed by atoms with E-state index in [0.717, 1.165) is 22.2 Å². The topological polar surface area (TPSA) is 56.0 Å². The first-order chi connectivity index (χ1) is 11.5. The van der Waals surface area contributed by atoms with Crippen LogP contribution < -0.4 is 11.0 Å². The number of aryl methyl sites for hydroxylation is 3. The third kappa shape index (κ3) is 2.85. The maximum atomic E-state index is 12.3. The fraction of sp³-hybridized carbons (Fsp3) is 0.263. The summed E-state index contributed by atoms with van der Waals surface area (Å²) in [5, 5.41) is 2.89. The fourth-order valence-corrected chi connectivity index (χ4v) is 2.85. The van der Waals surface area contributed by atoms with Gasteiger partial charge in [0.05, 0.1) is 11.0 Å². The summed E-state index contributed by atoms with van der Waals surface area (Å²) in [6.07, 6.45) is 0. The lowest BCUT2D eigenvalue weighted by Crippen LogP contribution is -2.31. The second-order valence-corrected chi connectivity index (χ2v) is 6.04. The van der Waals surface area contributed by atoms with E-state index < -0.39 is 0 Å². The van der Waals surface area contributed by atoms with Crippen LogP contribution in [0.2, 0.25) is 0 Å². The number of rotatable bonds is 4. The summed E-state index contributed by atoms with van der Waals surface area (Å²) in [5.41, 5.74) is 4.59. The predicted molar refractivity (Wildman–Crippen MR) is 95.4 cm³/mol. The summed E-state index contributed by atoms with van der Waals surface area (Å²) in [7, 11) is 1.76. The highest BCUT2D eigenvalue weighted by molar-refractivity contribution is 5.94. The second kappa shape index (κ2) is 6.35. The number of para-hydroxylation sites is 2. The van der Waals surface area contributed by atoms with Crippen molar-refractivity contribution in [1.82, 2.24) is 14.5 Å². The molecule has 0 spiro atoms. The zero-order chi connectivity index (χ0) is 17.3. The van der Waals surface area contributed by atoms with E-state index in [-0.39, 0.29) is 11.6 Å². The van der Waals surface area contributed by atoms with Crippen molar-refractivity contribution in [3.8, 4) is 0 Å². The summed E-state index contributed by atoms with van der Waals surface area (Å²) in [6, 6.07) is 13.3. The Kier molecular flexibility index (Phi) is 4.25. The molecular formula is C19H21N3O2. The van der Waals surface area contributed by atoms with Gasteiger partial charge in [0.15, 0.2) is 0 Å². The van der Waals surface area contributed by atoms with Crippen LogP contribution in [0.1, 0.15) is 21.5 Å². The van der Waals surface area contributed by atoms with E-state index >= 15 is 0 Å². The van der Waals surface area contributed by atoms with Gasteiger partial charge < -0.3 is 5.32 Å². The van der Waals surface area contributed by atoms with Crippen molar-refractivity contribution in [2.75, 3.05) is 6.54 Å². The van der Waals surface area contributed by atoms with Crippen LogP contribution in [-0.2, 0) is 13.6 Å². The molecule has 0 radical (unpaired) electrons. The van der Waals surface area contributed by atoms with Crippen LogP contribution in [0.15, 0.2) is 47.3 Å². The van der Waals surface area contributed by atoms with E-state index in [2.05, 4.69) is 5.32 Å². The van der Waals surface area contributed by atoms with Crippen LogP contribution in [0.25, 0.3) is 11.0 Å². The number of hydrogen-bond acceptors (Lipinski definition) is 2. The van der Waals surface area contributed by atoms with Gasteiger partial charge in [-0.05, 0) is 49.2 Å². The van der Waals surface area contributed by atoms with Gasteiger partial charge in [-0.3, -0.25) is 13.9 Å². The van der Waals surface area contributed by atoms with Gasteiger partial charge in [0.1, 0.15) is 0 Å². The number of hydrogen-bond donors (Lipinski definition) is 1. The molecule has 0 atom stereocenters. The normalized spacial score (nSPS) is 11.0. The summed E-state index contributed by atoms with van der Waals surface area (Å²) >= 11 is 0. The molecule has 0 aliphatic carbocycles. The molecule has 1 heterocycles. The third-order valence-electron chi connectivity index (χ3n) is 4.44.